The lowest BCUT2D eigenvalue weighted by atomic mass is 9.83. The van der Waals surface area contributed by atoms with Gasteiger partial charge >= 0.3 is 5.97 Å². The lowest BCUT2D eigenvalue weighted by Gasteiger charge is -2.61. The maximum atomic E-state index is 11.3. The van der Waals surface area contributed by atoms with Crippen LogP contribution >= 0.6 is 0 Å². The topological polar surface area (TPSA) is 80.1 Å². The fourth-order valence-electron chi connectivity index (χ4n) is 5.63. The number of β-amino-alcohol motifs (C(OH)–C–C–N with tert-alkyl or cyclic N) is 1. The number of carboxylic acids is 1. The van der Waals surface area contributed by atoms with Crippen molar-refractivity contribution in [1.82, 2.24) is 19.7 Å². The number of aromatic nitrogens is 1. The van der Waals surface area contributed by atoms with Crippen LogP contribution in [-0.4, -0.2) is 86.3 Å². The first-order valence-electron chi connectivity index (χ1n) is 10.6. The summed E-state index contributed by atoms with van der Waals surface area (Å²) in [5.41, 5.74) is 2.66. The van der Waals surface area contributed by atoms with E-state index in [9.17, 15) is 15.0 Å². The molecule has 3 aliphatic heterocycles. The van der Waals surface area contributed by atoms with Gasteiger partial charge < -0.3 is 10.2 Å². The van der Waals surface area contributed by atoms with Gasteiger partial charge in [-0.1, -0.05) is 18.2 Å². The highest BCUT2D eigenvalue weighted by Gasteiger charge is 2.55. The molecule has 0 radical (unpaired) electrons. The molecule has 3 fully saturated rings. The van der Waals surface area contributed by atoms with E-state index in [1.807, 2.05) is 24.4 Å². The second-order valence-corrected chi connectivity index (χ2v) is 9.10. The Kier molecular flexibility index (Phi) is 5.06. The van der Waals surface area contributed by atoms with E-state index >= 15 is 0 Å². The molecule has 0 amide bonds. The Hall–Kier alpha value is -2.32. The average Bonchev–Trinajstić information content (AvgIpc) is 3.08. The molecule has 0 aliphatic carbocycles. The molecule has 4 heterocycles. The Morgan fingerprint density at radius 3 is 2.60 bits per heavy atom. The third kappa shape index (κ3) is 3.74. The van der Waals surface area contributed by atoms with Crippen molar-refractivity contribution in [3.05, 3.63) is 65.5 Å². The van der Waals surface area contributed by atoms with Crippen LogP contribution in [0.5, 0.6) is 0 Å². The minimum atomic E-state index is -0.887. The van der Waals surface area contributed by atoms with Gasteiger partial charge in [0.1, 0.15) is 0 Å². The second kappa shape index (κ2) is 7.74. The van der Waals surface area contributed by atoms with Crippen molar-refractivity contribution in [1.29, 1.82) is 0 Å². The Morgan fingerprint density at radius 2 is 1.83 bits per heavy atom. The SMILES string of the molecule is O=C(O)c1cccc(CN2C[C@H]3C[C@@H](O)CN3C3(C2)CN(Cc2cccnc2)C3)c1. The molecule has 2 aromatic rings. The van der Waals surface area contributed by atoms with Crippen LogP contribution in [0.1, 0.15) is 27.9 Å². The number of likely N-dealkylation sites (tertiary alicyclic amines) is 1. The zero-order valence-corrected chi connectivity index (χ0v) is 17.0. The minimum absolute atomic E-state index is 0.0625. The number of aromatic carboxylic acids is 1. The maximum Gasteiger partial charge on any atom is 0.335 e. The Bertz CT molecular complexity index is 916. The summed E-state index contributed by atoms with van der Waals surface area (Å²) in [6, 6.07) is 11.7. The van der Waals surface area contributed by atoms with Crippen LogP contribution in [0.4, 0.5) is 0 Å². The first-order valence-corrected chi connectivity index (χ1v) is 10.6. The van der Waals surface area contributed by atoms with Gasteiger partial charge in [-0.2, -0.15) is 0 Å². The molecule has 5 rings (SSSR count). The minimum Gasteiger partial charge on any atom is -0.478 e. The molecule has 2 N–H and O–H groups in total. The summed E-state index contributed by atoms with van der Waals surface area (Å²) in [6.07, 6.45) is 4.29. The molecule has 2 atom stereocenters. The number of hydrogen-bond acceptors (Lipinski definition) is 6. The predicted octanol–water partition coefficient (Wildman–Crippen LogP) is 1.29. The zero-order valence-electron chi connectivity index (χ0n) is 17.0. The van der Waals surface area contributed by atoms with Crippen molar-refractivity contribution in [3.63, 3.8) is 0 Å². The third-order valence-electron chi connectivity index (χ3n) is 6.73. The van der Waals surface area contributed by atoms with E-state index < -0.39 is 5.97 Å². The van der Waals surface area contributed by atoms with E-state index in [2.05, 4.69) is 25.8 Å². The molecule has 30 heavy (non-hydrogen) atoms. The van der Waals surface area contributed by atoms with Crippen LogP contribution < -0.4 is 0 Å². The highest BCUT2D eigenvalue weighted by molar-refractivity contribution is 5.87. The Morgan fingerprint density at radius 1 is 1.07 bits per heavy atom. The number of carboxylic acid groups (broad SMARTS) is 1. The fourth-order valence-corrected chi connectivity index (χ4v) is 5.63. The normalized spacial score (nSPS) is 26.4. The maximum absolute atomic E-state index is 11.3. The van der Waals surface area contributed by atoms with E-state index in [4.69, 9.17) is 0 Å². The second-order valence-electron chi connectivity index (χ2n) is 9.10. The molecule has 7 heteroatoms. The number of carbonyl (C=O) groups is 1. The number of aliphatic hydroxyl groups excluding tert-OH is 1. The monoisotopic (exact) mass is 408 g/mol. The number of nitrogens with zero attached hydrogens (tertiary/aromatic N) is 4. The van der Waals surface area contributed by atoms with Crippen LogP contribution in [0.3, 0.4) is 0 Å². The molecule has 3 saturated heterocycles. The molecular formula is C23H28N4O3. The lowest BCUT2D eigenvalue weighted by Crippen LogP contribution is -2.77. The highest BCUT2D eigenvalue weighted by atomic mass is 16.4. The van der Waals surface area contributed by atoms with Gasteiger partial charge in [-0.25, -0.2) is 4.79 Å². The molecule has 3 aliphatic rings. The summed E-state index contributed by atoms with van der Waals surface area (Å²) in [7, 11) is 0. The molecule has 158 valence electrons. The van der Waals surface area contributed by atoms with Crippen LogP contribution in [0.25, 0.3) is 0 Å². The predicted molar refractivity (Wildman–Crippen MR) is 112 cm³/mol. The molecule has 0 saturated carbocycles. The van der Waals surface area contributed by atoms with Gasteiger partial charge in [0.05, 0.1) is 17.2 Å². The number of rotatable bonds is 5. The largest absolute Gasteiger partial charge is 0.478 e. The average molecular weight is 409 g/mol. The van der Waals surface area contributed by atoms with Gasteiger partial charge in [0, 0.05) is 64.2 Å². The zero-order chi connectivity index (χ0) is 20.7. The van der Waals surface area contributed by atoms with Gasteiger partial charge in [0.15, 0.2) is 0 Å². The summed E-state index contributed by atoms with van der Waals surface area (Å²) in [6.45, 7) is 6.22. The number of aliphatic hydroxyl groups is 1. The standard InChI is InChI=1S/C23H28N4O3/c28-21-8-20-12-25(10-17-3-1-5-19(7-17)22(29)30)14-23(27(20)13-21)15-26(16-23)11-18-4-2-6-24-9-18/h1-7,9,20-21,28H,8,10-16H2,(H,29,30)/t20-,21-/m1/s1. The summed E-state index contributed by atoms with van der Waals surface area (Å²) in [4.78, 5) is 23.0. The van der Waals surface area contributed by atoms with Gasteiger partial charge in [-0.05, 0) is 35.7 Å². The number of benzene rings is 1. The molecular weight excluding hydrogens is 380 g/mol. The third-order valence-corrected chi connectivity index (χ3v) is 6.73. The number of hydrogen-bond donors (Lipinski definition) is 2. The summed E-state index contributed by atoms with van der Waals surface area (Å²) in [5.74, 6) is -0.887. The van der Waals surface area contributed by atoms with Crippen LogP contribution in [0, 0.1) is 0 Å². The summed E-state index contributed by atoms with van der Waals surface area (Å²) >= 11 is 0. The summed E-state index contributed by atoms with van der Waals surface area (Å²) < 4.78 is 0. The van der Waals surface area contributed by atoms with Crippen molar-refractivity contribution in [2.24, 2.45) is 0 Å². The van der Waals surface area contributed by atoms with E-state index in [1.165, 1.54) is 5.56 Å². The lowest BCUT2D eigenvalue weighted by molar-refractivity contribution is -0.118. The number of pyridine rings is 1. The van der Waals surface area contributed by atoms with Crippen molar-refractivity contribution in [3.8, 4) is 0 Å². The molecule has 1 aromatic carbocycles. The Labute approximate surface area is 176 Å². The van der Waals surface area contributed by atoms with Crippen molar-refractivity contribution in [2.75, 3.05) is 32.7 Å². The van der Waals surface area contributed by atoms with Crippen molar-refractivity contribution in [2.45, 2.75) is 37.2 Å². The van der Waals surface area contributed by atoms with Crippen molar-refractivity contribution < 1.29 is 15.0 Å². The highest BCUT2D eigenvalue weighted by Crippen LogP contribution is 2.39. The quantitative estimate of drug-likeness (QED) is 0.772. The van der Waals surface area contributed by atoms with E-state index in [-0.39, 0.29) is 11.6 Å². The molecule has 0 bridgehead atoms. The van der Waals surface area contributed by atoms with Gasteiger partial charge in [-0.3, -0.25) is 19.7 Å². The smallest absolute Gasteiger partial charge is 0.335 e. The number of fused-ring (bicyclic) bond motifs is 2. The molecule has 7 nitrogen and oxygen atoms in total. The van der Waals surface area contributed by atoms with Gasteiger partial charge in [-0.15, -0.1) is 0 Å². The van der Waals surface area contributed by atoms with Gasteiger partial charge in [0.2, 0.25) is 0 Å². The first kappa shape index (κ1) is 19.6. The van der Waals surface area contributed by atoms with Crippen LogP contribution in [0.2, 0.25) is 0 Å². The van der Waals surface area contributed by atoms with Crippen LogP contribution in [0.15, 0.2) is 48.8 Å². The Balaban J connectivity index is 1.30. The summed E-state index contributed by atoms with van der Waals surface area (Å²) in [5, 5.41) is 19.6. The van der Waals surface area contributed by atoms with E-state index in [0.29, 0.717) is 11.6 Å². The number of piperazine rings is 1. The molecule has 0 unspecified atom stereocenters. The fraction of sp³-hybridized carbons (Fsp3) is 0.478. The van der Waals surface area contributed by atoms with E-state index in [1.54, 1.807) is 18.3 Å². The van der Waals surface area contributed by atoms with E-state index in [0.717, 1.165) is 57.8 Å². The molecule has 1 aromatic heterocycles. The van der Waals surface area contributed by atoms with Gasteiger partial charge in [0.25, 0.3) is 0 Å². The van der Waals surface area contributed by atoms with Crippen LogP contribution in [-0.2, 0) is 13.1 Å². The molecule has 1 spiro atoms. The first-order chi connectivity index (χ1) is 14.5. The van der Waals surface area contributed by atoms with Crippen molar-refractivity contribution >= 4 is 5.97 Å².